The lowest BCUT2D eigenvalue weighted by atomic mass is 10.1. The first-order chi connectivity index (χ1) is 7.98. The molecule has 0 aromatic heterocycles. The summed E-state index contributed by atoms with van der Waals surface area (Å²) in [5.41, 5.74) is 3.37. The van der Waals surface area contributed by atoms with Crippen molar-refractivity contribution in [3.05, 3.63) is 27.8 Å². The standard InChI is InChI=1S/C8H10N2O4/c9-2-1-5-3-7(11)8(12)4-6(5)10(13)14/h3-4,11-12H,1-2,9H2/i1D2,2D2. The van der Waals surface area contributed by atoms with Gasteiger partial charge in [0.25, 0.3) is 5.69 Å². The topological polar surface area (TPSA) is 110 Å². The Morgan fingerprint density at radius 2 is 2.07 bits per heavy atom. The molecule has 0 aliphatic heterocycles. The van der Waals surface area contributed by atoms with E-state index < -0.39 is 40.5 Å². The van der Waals surface area contributed by atoms with Gasteiger partial charge in [-0.25, -0.2) is 0 Å². The summed E-state index contributed by atoms with van der Waals surface area (Å²) in [7, 11) is 0. The predicted octanol–water partition coefficient (Wildman–Crippen LogP) is 0.507. The van der Waals surface area contributed by atoms with Gasteiger partial charge in [0.05, 0.1) is 11.0 Å². The highest BCUT2D eigenvalue weighted by molar-refractivity contribution is 5.52. The molecule has 0 aliphatic rings. The molecule has 4 N–H and O–H groups in total. The Morgan fingerprint density at radius 1 is 1.50 bits per heavy atom. The van der Waals surface area contributed by atoms with Gasteiger partial charge in [-0.1, -0.05) is 0 Å². The van der Waals surface area contributed by atoms with Crippen LogP contribution in [0.15, 0.2) is 12.1 Å². The van der Waals surface area contributed by atoms with Crippen molar-refractivity contribution in [1.29, 1.82) is 0 Å². The Morgan fingerprint density at radius 3 is 2.57 bits per heavy atom. The molecule has 0 aliphatic carbocycles. The van der Waals surface area contributed by atoms with Gasteiger partial charge < -0.3 is 15.9 Å². The summed E-state index contributed by atoms with van der Waals surface area (Å²) in [6.45, 7) is -2.90. The van der Waals surface area contributed by atoms with E-state index in [9.17, 15) is 15.2 Å². The van der Waals surface area contributed by atoms with E-state index in [1.54, 1.807) is 0 Å². The molecule has 0 heterocycles. The minimum Gasteiger partial charge on any atom is -0.504 e. The molecule has 6 nitrogen and oxygen atoms in total. The zero-order chi connectivity index (χ0) is 14.3. The smallest absolute Gasteiger partial charge is 0.276 e. The lowest BCUT2D eigenvalue weighted by molar-refractivity contribution is -0.385. The first kappa shape index (κ1) is 5.82. The van der Waals surface area contributed by atoms with Crippen LogP contribution in [-0.4, -0.2) is 21.6 Å². The number of nitrogens with zero attached hydrogens (tertiary/aromatic N) is 1. The fraction of sp³-hybridized carbons (Fsp3) is 0.250. The third kappa shape index (κ3) is 1.91. The normalized spacial score (nSPS) is 16.4. The van der Waals surface area contributed by atoms with Crippen molar-refractivity contribution >= 4 is 5.69 Å². The molecule has 1 aromatic rings. The van der Waals surface area contributed by atoms with Crippen molar-refractivity contribution in [2.75, 3.05) is 6.50 Å². The van der Waals surface area contributed by atoms with Crippen LogP contribution in [0.4, 0.5) is 5.69 Å². The summed E-state index contributed by atoms with van der Waals surface area (Å²) in [4.78, 5) is 9.74. The second-order valence-electron chi connectivity index (χ2n) is 2.38. The van der Waals surface area contributed by atoms with Crippen molar-refractivity contribution in [2.24, 2.45) is 5.73 Å². The highest BCUT2D eigenvalue weighted by atomic mass is 16.6. The average molecular weight is 202 g/mol. The second-order valence-corrected chi connectivity index (χ2v) is 2.38. The van der Waals surface area contributed by atoms with Crippen LogP contribution in [0.25, 0.3) is 0 Å². The van der Waals surface area contributed by atoms with Gasteiger partial charge in [-0.15, -0.1) is 0 Å². The quantitative estimate of drug-likeness (QED) is 0.375. The van der Waals surface area contributed by atoms with Crippen LogP contribution in [0.2, 0.25) is 0 Å². The maximum absolute atomic E-state index is 10.7. The number of phenolic OH excluding ortho intramolecular Hbond substituents is 2. The number of benzene rings is 1. The Bertz CT molecular complexity index is 501. The molecule has 76 valence electrons. The molecule has 1 rings (SSSR count). The molecular weight excluding hydrogens is 188 g/mol. The molecule has 6 heteroatoms. The van der Waals surface area contributed by atoms with Crippen molar-refractivity contribution in [2.45, 2.75) is 6.37 Å². The van der Waals surface area contributed by atoms with Crippen molar-refractivity contribution < 1.29 is 20.6 Å². The van der Waals surface area contributed by atoms with Crippen LogP contribution in [-0.2, 0) is 6.37 Å². The van der Waals surface area contributed by atoms with Crippen molar-refractivity contribution in [3.63, 3.8) is 0 Å². The molecule has 0 amide bonds. The number of aryl methyl sites for hydroxylation is 1. The van der Waals surface area contributed by atoms with Crippen LogP contribution in [0.1, 0.15) is 11.0 Å². The first-order valence-electron chi connectivity index (χ1n) is 5.48. The number of hydrogen-bond acceptors (Lipinski definition) is 5. The molecule has 1 aromatic carbocycles. The van der Waals surface area contributed by atoms with Gasteiger partial charge in [0.15, 0.2) is 11.5 Å². The van der Waals surface area contributed by atoms with Crippen molar-refractivity contribution in [1.82, 2.24) is 0 Å². The molecule has 0 fully saturated rings. The number of hydrogen-bond donors (Lipinski definition) is 3. The predicted molar refractivity (Wildman–Crippen MR) is 49.2 cm³/mol. The maximum atomic E-state index is 10.7. The summed E-state index contributed by atoms with van der Waals surface area (Å²) in [6.07, 6.45) is -2.92. The lowest BCUT2D eigenvalue weighted by Gasteiger charge is -2.03. The molecule has 0 spiro atoms. The van der Waals surface area contributed by atoms with Gasteiger partial charge in [0.1, 0.15) is 0 Å². The summed E-state index contributed by atoms with van der Waals surface area (Å²) < 4.78 is 29.3. The number of rotatable bonds is 3. The average Bonchev–Trinajstić information content (AvgIpc) is 2.19. The molecule has 0 saturated heterocycles. The molecular formula is C8H10N2O4. The minimum absolute atomic E-state index is 0.536. The largest absolute Gasteiger partial charge is 0.504 e. The highest BCUT2D eigenvalue weighted by Crippen LogP contribution is 2.32. The number of phenols is 2. The van der Waals surface area contributed by atoms with E-state index in [0.717, 1.165) is 0 Å². The Balaban J connectivity index is 3.58. The minimum atomic E-state index is -2.92. The number of nitro benzene ring substituents is 1. The van der Waals surface area contributed by atoms with Crippen LogP contribution in [0.3, 0.4) is 0 Å². The molecule has 0 unspecified atom stereocenters. The fourth-order valence-corrected chi connectivity index (χ4v) is 0.895. The monoisotopic (exact) mass is 202 g/mol. The first-order valence-corrected chi connectivity index (χ1v) is 3.48. The third-order valence-electron chi connectivity index (χ3n) is 1.50. The van der Waals surface area contributed by atoms with Crippen LogP contribution >= 0.6 is 0 Å². The molecule has 14 heavy (non-hydrogen) atoms. The van der Waals surface area contributed by atoms with Gasteiger partial charge in [-0.05, 0) is 18.9 Å². The van der Waals surface area contributed by atoms with E-state index in [-0.39, 0.29) is 0 Å². The van der Waals surface area contributed by atoms with E-state index in [4.69, 9.17) is 16.3 Å². The van der Waals surface area contributed by atoms with E-state index in [0.29, 0.717) is 12.1 Å². The van der Waals surface area contributed by atoms with Crippen LogP contribution < -0.4 is 5.73 Å². The zero-order valence-electron chi connectivity index (χ0n) is 10.9. The van der Waals surface area contributed by atoms with E-state index in [1.807, 2.05) is 0 Å². The van der Waals surface area contributed by atoms with E-state index >= 15 is 0 Å². The van der Waals surface area contributed by atoms with Crippen LogP contribution in [0.5, 0.6) is 11.5 Å². The van der Waals surface area contributed by atoms with Gasteiger partial charge >= 0.3 is 0 Å². The molecule has 0 bridgehead atoms. The lowest BCUT2D eigenvalue weighted by Crippen LogP contribution is -2.05. The van der Waals surface area contributed by atoms with Crippen molar-refractivity contribution in [3.8, 4) is 11.5 Å². The molecule has 0 radical (unpaired) electrons. The van der Waals surface area contributed by atoms with E-state index in [2.05, 4.69) is 0 Å². The second kappa shape index (κ2) is 3.93. The SMILES string of the molecule is [2H]C([2H])(N)C([2H])([2H])c1cc(O)c(O)cc1[N+](=O)[O-]. The van der Waals surface area contributed by atoms with Crippen LogP contribution in [0, 0.1) is 10.1 Å². The summed E-state index contributed by atoms with van der Waals surface area (Å²) in [5, 5.41) is 29.1. The zero-order valence-corrected chi connectivity index (χ0v) is 6.89. The van der Waals surface area contributed by atoms with Gasteiger partial charge in [0, 0.05) is 11.0 Å². The summed E-state index contributed by atoms with van der Waals surface area (Å²) in [6, 6.07) is 1.12. The Hall–Kier alpha value is -1.82. The number of aromatic hydroxyl groups is 2. The maximum Gasteiger partial charge on any atom is 0.276 e. The molecule has 0 atom stereocenters. The van der Waals surface area contributed by atoms with Gasteiger partial charge in [-0.3, -0.25) is 10.1 Å². The summed E-state index contributed by atoms with van der Waals surface area (Å²) >= 11 is 0. The highest BCUT2D eigenvalue weighted by Gasteiger charge is 2.16. The fourth-order valence-electron chi connectivity index (χ4n) is 0.895. The third-order valence-corrected chi connectivity index (χ3v) is 1.50. The number of nitrogens with two attached hydrogens (primary N) is 1. The Labute approximate surface area is 85.4 Å². The summed E-state index contributed by atoms with van der Waals surface area (Å²) in [5.74, 6) is -1.61. The Kier molecular flexibility index (Phi) is 1.63. The van der Waals surface area contributed by atoms with E-state index in [1.165, 1.54) is 0 Å². The molecule has 0 saturated carbocycles. The van der Waals surface area contributed by atoms with Gasteiger partial charge in [-0.2, -0.15) is 0 Å². The van der Waals surface area contributed by atoms with Gasteiger partial charge in [0.2, 0.25) is 0 Å². The number of nitro groups is 1.